The molecule has 0 radical (unpaired) electrons. The minimum atomic E-state index is -0.891. The zero-order valence-electron chi connectivity index (χ0n) is 9.27. The third-order valence-electron chi connectivity index (χ3n) is 1.84. The van der Waals surface area contributed by atoms with E-state index >= 15 is 0 Å². The van der Waals surface area contributed by atoms with Crippen LogP contribution in [-0.4, -0.2) is 34.6 Å². The summed E-state index contributed by atoms with van der Waals surface area (Å²) in [5, 5.41) is 14.9. The fraction of sp³-hybridized carbons (Fsp3) is 0.125. The highest BCUT2D eigenvalue weighted by molar-refractivity contribution is 6.02. The quantitative estimate of drug-likeness (QED) is 0.346. The van der Waals surface area contributed by atoms with Crippen LogP contribution < -0.4 is 5.31 Å². The Morgan fingerprint density at radius 3 is 2.94 bits per heavy atom. The molecule has 3 amide bonds. The SMILES string of the molecule is [2H]N1C(=O)CN(N=Cc2ccc([N+](=O)[O-])o2)C1=O. The van der Waals surface area contributed by atoms with E-state index in [9.17, 15) is 19.7 Å². The maximum atomic E-state index is 11.2. The molecule has 0 saturated carbocycles. The summed E-state index contributed by atoms with van der Waals surface area (Å²) in [6.07, 6.45) is 1.05. The number of rotatable bonds is 3. The summed E-state index contributed by atoms with van der Waals surface area (Å²) in [4.78, 5) is 31.9. The Bertz CT molecular complexity index is 553. The zero-order valence-corrected chi connectivity index (χ0v) is 8.27. The van der Waals surface area contributed by atoms with Gasteiger partial charge in [0.15, 0.2) is 7.17 Å². The summed E-state index contributed by atoms with van der Waals surface area (Å²) in [6.45, 7) is -0.346. The van der Waals surface area contributed by atoms with E-state index in [1.54, 1.807) is 0 Å². The van der Waals surface area contributed by atoms with Crippen molar-refractivity contribution in [2.45, 2.75) is 0 Å². The van der Waals surface area contributed by atoms with E-state index < -0.39 is 22.7 Å². The number of nitrogens with one attached hydrogen (secondary N) is 1. The van der Waals surface area contributed by atoms with Gasteiger partial charge in [0, 0.05) is 0 Å². The summed E-state index contributed by atoms with van der Waals surface area (Å²) >= 11 is 0. The Balaban J connectivity index is 2.09. The van der Waals surface area contributed by atoms with Gasteiger partial charge in [0.2, 0.25) is 5.91 Å². The number of nitro groups is 1. The van der Waals surface area contributed by atoms with Crippen molar-refractivity contribution in [3.63, 3.8) is 0 Å². The van der Waals surface area contributed by atoms with Gasteiger partial charge in [-0.05, 0) is 6.07 Å². The first kappa shape index (κ1) is 9.51. The second kappa shape index (κ2) is 4.04. The molecule has 2 rings (SSSR count). The van der Waals surface area contributed by atoms with Gasteiger partial charge in [-0.15, -0.1) is 0 Å². The number of imide groups is 1. The lowest BCUT2D eigenvalue weighted by Crippen LogP contribution is -2.24. The summed E-state index contributed by atoms with van der Waals surface area (Å²) in [5.74, 6) is -1.10. The van der Waals surface area contributed by atoms with E-state index in [-0.39, 0.29) is 17.6 Å². The van der Waals surface area contributed by atoms with Crippen LogP contribution >= 0.6 is 0 Å². The van der Waals surface area contributed by atoms with Gasteiger partial charge in [-0.1, -0.05) is 0 Å². The van der Waals surface area contributed by atoms with Crippen molar-refractivity contribution in [2.24, 2.45) is 5.10 Å². The number of carbonyl (C=O) groups is 2. The Labute approximate surface area is 95.3 Å². The van der Waals surface area contributed by atoms with E-state index in [1.165, 1.54) is 6.07 Å². The van der Waals surface area contributed by atoms with Gasteiger partial charge >= 0.3 is 11.9 Å². The third kappa shape index (κ3) is 2.27. The lowest BCUT2D eigenvalue weighted by atomic mass is 10.5. The van der Waals surface area contributed by atoms with Crippen LogP contribution in [-0.2, 0) is 4.79 Å². The van der Waals surface area contributed by atoms with Gasteiger partial charge in [0.05, 0.1) is 12.3 Å². The van der Waals surface area contributed by atoms with Gasteiger partial charge in [-0.2, -0.15) is 5.10 Å². The number of nitrogens with zero attached hydrogens (tertiary/aromatic N) is 3. The third-order valence-corrected chi connectivity index (χ3v) is 1.84. The number of hydrogen-bond acceptors (Lipinski definition) is 6. The molecule has 0 aromatic carbocycles. The fourth-order valence-corrected chi connectivity index (χ4v) is 1.12. The van der Waals surface area contributed by atoms with Crippen LogP contribution in [0.3, 0.4) is 0 Å². The molecule has 1 saturated heterocycles. The van der Waals surface area contributed by atoms with Gasteiger partial charge in [-0.3, -0.25) is 20.2 Å². The average Bonchev–Trinajstić information content (AvgIpc) is 2.88. The Kier molecular flexibility index (Phi) is 2.26. The highest BCUT2D eigenvalue weighted by Crippen LogP contribution is 2.14. The Hall–Kier alpha value is -2.71. The highest BCUT2D eigenvalue weighted by atomic mass is 16.6. The van der Waals surface area contributed by atoms with Crippen LogP contribution in [0.1, 0.15) is 5.76 Å². The van der Waals surface area contributed by atoms with Gasteiger partial charge < -0.3 is 4.42 Å². The van der Waals surface area contributed by atoms with Crippen LogP contribution in [0, 0.1) is 10.1 Å². The van der Waals surface area contributed by atoms with Crippen LogP contribution in [0.2, 0.25) is 1.41 Å². The van der Waals surface area contributed by atoms with Crippen molar-refractivity contribution in [1.82, 2.24) is 10.3 Å². The molecule has 1 fully saturated rings. The van der Waals surface area contributed by atoms with E-state index in [1.807, 2.05) is 0 Å². The van der Waals surface area contributed by atoms with Gasteiger partial charge in [0.25, 0.3) is 0 Å². The summed E-state index contributed by atoms with van der Waals surface area (Å²) in [6, 6.07) is 1.54. The van der Waals surface area contributed by atoms with Crippen LogP contribution in [0.15, 0.2) is 21.7 Å². The molecule has 9 nitrogen and oxygen atoms in total. The van der Waals surface area contributed by atoms with Crippen LogP contribution in [0.5, 0.6) is 0 Å². The van der Waals surface area contributed by atoms with Crippen molar-refractivity contribution in [3.8, 4) is 0 Å². The number of furan rings is 1. The number of hydrazone groups is 1. The van der Waals surface area contributed by atoms with Crippen LogP contribution in [0.25, 0.3) is 0 Å². The zero-order chi connectivity index (χ0) is 13.3. The molecule has 88 valence electrons. The van der Waals surface area contributed by atoms with Crippen molar-refractivity contribution in [2.75, 3.05) is 6.54 Å². The standard InChI is InChI=1S/C8H6N4O5/c13-6-4-11(8(14)10-6)9-3-5-1-2-7(17-5)12(15)16/h1-3H,4H2,(H,10,13,14)/i/hD. The second-order valence-electron chi connectivity index (χ2n) is 3.02. The first-order chi connectivity index (χ1) is 8.49. The number of hydrogen-bond donors (Lipinski definition) is 1. The molecule has 1 aromatic rings. The van der Waals surface area contributed by atoms with Gasteiger partial charge in [0.1, 0.15) is 11.5 Å². The first-order valence-electron chi connectivity index (χ1n) is 4.85. The average molecular weight is 239 g/mol. The minimum absolute atomic E-state index is 0.0605. The summed E-state index contributed by atoms with van der Waals surface area (Å²) in [7, 11) is 0. The van der Waals surface area contributed by atoms with Crippen molar-refractivity contribution in [1.29, 1.82) is 0 Å². The lowest BCUT2D eigenvalue weighted by molar-refractivity contribution is -0.402. The van der Waals surface area contributed by atoms with Crippen molar-refractivity contribution < 1.29 is 20.3 Å². The van der Waals surface area contributed by atoms with E-state index in [2.05, 4.69) is 5.10 Å². The second-order valence-corrected chi connectivity index (χ2v) is 3.02. The van der Waals surface area contributed by atoms with E-state index in [0.29, 0.717) is 0 Å². The molecule has 0 aliphatic carbocycles. The first-order valence-corrected chi connectivity index (χ1v) is 4.40. The monoisotopic (exact) mass is 239 g/mol. The molecule has 1 aliphatic rings. The predicted octanol–water partition coefficient (Wildman–Crippen LogP) is 0.0735. The molecule has 9 heteroatoms. The maximum Gasteiger partial charge on any atom is 0.433 e. The minimum Gasteiger partial charge on any atom is -0.400 e. The molecular formula is C8H6N4O5. The molecular weight excluding hydrogens is 232 g/mol. The normalized spacial score (nSPS) is 17.1. The Morgan fingerprint density at radius 1 is 1.65 bits per heavy atom. The molecule has 1 aliphatic heterocycles. The molecule has 2 heterocycles. The topological polar surface area (TPSA) is 118 Å². The summed E-state index contributed by atoms with van der Waals surface area (Å²) in [5.41, 5.74) is 0. The smallest absolute Gasteiger partial charge is 0.400 e. The molecule has 1 aromatic heterocycles. The number of amides is 3. The lowest BCUT2D eigenvalue weighted by Gasteiger charge is -2.02. The van der Waals surface area contributed by atoms with E-state index in [0.717, 1.165) is 17.3 Å². The molecule has 17 heavy (non-hydrogen) atoms. The van der Waals surface area contributed by atoms with Crippen LogP contribution in [0.4, 0.5) is 10.7 Å². The van der Waals surface area contributed by atoms with Crippen molar-refractivity contribution >= 4 is 24.0 Å². The number of urea groups is 1. The number of carbonyl (C=O) groups excluding carboxylic acids is 2. The fourth-order valence-electron chi connectivity index (χ4n) is 1.12. The predicted molar refractivity (Wildman–Crippen MR) is 53.2 cm³/mol. The Morgan fingerprint density at radius 2 is 2.41 bits per heavy atom. The molecule has 1 N–H and O–H groups in total. The van der Waals surface area contributed by atoms with Crippen molar-refractivity contribution in [3.05, 3.63) is 28.0 Å². The van der Waals surface area contributed by atoms with E-state index in [4.69, 9.17) is 5.83 Å². The molecule has 0 bridgehead atoms. The summed E-state index contributed by atoms with van der Waals surface area (Å²) < 4.78 is 11.8. The maximum absolute atomic E-state index is 11.2. The molecule has 0 spiro atoms. The highest BCUT2D eigenvalue weighted by Gasteiger charge is 2.26. The molecule has 0 unspecified atom stereocenters. The molecule has 0 atom stereocenters. The largest absolute Gasteiger partial charge is 0.433 e. The van der Waals surface area contributed by atoms with Gasteiger partial charge in [-0.25, -0.2) is 9.80 Å².